The first-order chi connectivity index (χ1) is 15.1. The van der Waals surface area contributed by atoms with Crippen LogP contribution in [-0.2, 0) is 29.1 Å². The van der Waals surface area contributed by atoms with Gasteiger partial charge in [0.1, 0.15) is 5.60 Å². The Morgan fingerprint density at radius 1 is 1.28 bits per heavy atom. The van der Waals surface area contributed by atoms with E-state index < -0.39 is 17.7 Å². The number of ketones is 1. The summed E-state index contributed by atoms with van der Waals surface area (Å²) < 4.78 is 5.74. The van der Waals surface area contributed by atoms with Gasteiger partial charge in [-0.25, -0.2) is 4.79 Å². The number of aryl methyl sites for hydroxylation is 1. The van der Waals surface area contributed by atoms with Crippen molar-refractivity contribution in [1.29, 1.82) is 0 Å². The topological polar surface area (TPSA) is 106 Å². The molecule has 172 valence electrons. The standard InChI is InChI=1S/C25H33N3O4/c1-16(30)22(26)18-10-11-19(20(13-18)15-29)14-28(24(31)32-25(2,3)4)21-9-5-7-17-8-6-12-27-23(17)21/h6,8,10-13,21-22,29H,5,7,9,14-15,26H2,1-4H3. The molecule has 1 heterocycles. The van der Waals surface area contributed by atoms with Crippen LogP contribution in [0.5, 0.6) is 0 Å². The first-order valence-corrected chi connectivity index (χ1v) is 11.0. The maximum atomic E-state index is 13.3. The van der Waals surface area contributed by atoms with Gasteiger partial charge in [-0.1, -0.05) is 24.3 Å². The number of hydrogen-bond donors (Lipinski definition) is 2. The van der Waals surface area contributed by atoms with E-state index in [9.17, 15) is 14.7 Å². The highest BCUT2D eigenvalue weighted by Gasteiger charge is 2.33. The third kappa shape index (κ3) is 5.53. The summed E-state index contributed by atoms with van der Waals surface area (Å²) in [5, 5.41) is 10.00. The monoisotopic (exact) mass is 439 g/mol. The molecule has 1 aliphatic rings. The quantitative estimate of drug-likeness (QED) is 0.705. The minimum atomic E-state index is -0.745. The van der Waals surface area contributed by atoms with Crippen molar-refractivity contribution >= 4 is 11.9 Å². The lowest BCUT2D eigenvalue weighted by atomic mass is 9.90. The van der Waals surface area contributed by atoms with Gasteiger partial charge in [-0.15, -0.1) is 0 Å². The number of carbonyl (C=O) groups excluding carboxylic acids is 2. The number of nitrogens with two attached hydrogens (primary N) is 1. The highest BCUT2D eigenvalue weighted by molar-refractivity contribution is 5.82. The highest BCUT2D eigenvalue weighted by Crippen LogP contribution is 2.35. The molecule has 32 heavy (non-hydrogen) atoms. The molecular formula is C25H33N3O4. The van der Waals surface area contributed by atoms with Crippen molar-refractivity contribution in [1.82, 2.24) is 9.88 Å². The predicted octanol–water partition coefficient (Wildman–Crippen LogP) is 3.98. The Labute approximate surface area is 189 Å². The Morgan fingerprint density at radius 2 is 2.03 bits per heavy atom. The lowest BCUT2D eigenvalue weighted by Gasteiger charge is -2.36. The summed E-state index contributed by atoms with van der Waals surface area (Å²) in [7, 11) is 0. The van der Waals surface area contributed by atoms with Gasteiger partial charge in [-0.2, -0.15) is 0 Å². The van der Waals surface area contributed by atoms with Crippen LogP contribution in [0.3, 0.4) is 0 Å². The SMILES string of the molecule is CC(=O)C(N)c1ccc(CN(C(=O)OC(C)(C)C)C2CCCc3cccnc32)c(CO)c1. The molecule has 1 amide bonds. The van der Waals surface area contributed by atoms with E-state index in [1.807, 2.05) is 32.9 Å². The molecule has 2 aromatic rings. The molecule has 1 aromatic carbocycles. The summed E-state index contributed by atoms with van der Waals surface area (Å²) in [4.78, 5) is 31.3. The fourth-order valence-electron chi connectivity index (χ4n) is 4.07. The van der Waals surface area contributed by atoms with E-state index in [1.54, 1.807) is 23.2 Å². The van der Waals surface area contributed by atoms with Crippen LogP contribution in [-0.4, -0.2) is 32.5 Å². The largest absolute Gasteiger partial charge is 0.444 e. The second-order valence-corrected chi connectivity index (χ2v) is 9.34. The number of aliphatic hydroxyl groups is 1. The molecule has 1 aromatic heterocycles. The van der Waals surface area contributed by atoms with Crippen molar-refractivity contribution in [3.63, 3.8) is 0 Å². The van der Waals surface area contributed by atoms with Gasteiger partial charge in [0.15, 0.2) is 5.78 Å². The highest BCUT2D eigenvalue weighted by atomic mass is 16.6. The molecule has 3 rings (SSSR count). The Hall–Kier alpha value is -2.77. The number of aliphatic hydroxyl groups excluding tert-OH is 1. The second kappa shape index (κ2) is 9.79. The molecular weight excluding hydrogens is 406 g/mol. The number of pyridine rings is 1. The Bertz CT molecular complexity index is 983. The molecule has 0 spiro atoms. The zero-order valence-corrected chi connectivity index (χ0v) is 19.3. The van der Waals surface area contributed by atoms with Gasteiger partial charge in [0.2, 0.25) is 0 Å². The van der Waals surface area contributed by atoms with Crippen molar-refractivity contribution < 1.29 is 19.4 Å². The minimum Gasteiger partial charge on any atom is -0.444 e. The summed E-state index contributed by atoms with van der Waals surface area (Å²) in [5.74, 6) is -0.151. The predicted molar refractivity (Wildman–Crippen MR) is 122 cm³/mol. The van der Waals surface area contributed by atoms with Gasteiger partial charge >= 0.3 is 6.09 Å². The smallest absolute Gasteiger partial charge is 0.411 e. The summed E-state index contributed by atoms with van der Waals surface area (Å²) in [6.07, 6.45) is 3.99. The molecule has 0 saturated carbocycles. The zero-order valence-electron chi connectivity index (χ0n) is 19.3. The number of fused-ring (bicyclic) bond motifs is 1. The van der Waals surface area contributed by atoms with Gasteiger partial charge in [-0.05, 0) is 75.3 Å². The van der Waals surface area contributed by atoms with Crippen molar-refractivity contribution in [2.45, 2.75) is 77.8 Å². The number of amides is 1. The molecule has 0 aliphatic heterocycles. The fourth-order valence-corrected chi connectivity index (χ4v) is 4.07. The van der Waals surface area contributed by atoms with Crippen LogP contribution in [0, 0.1) is 0 Å². The van der Waals surface area contributed by atoms with E-state index in [2.05, 4.69) is 11.1 Å². The second-order valence-electron chi connectivity index (χ2n) is 9.34. The number of aromatic nitrogens is 1. The summed E-state index contributed by atoms with van der Waals surface area (Å²) in [5.41, 5.74) is 9.41. The van der Waals surface area contributed by atoms with Gasteiger partial charge in [0.05, 0.1) is 30.9 Å². The lowest BCUT2D eigenvalue weighted by Crippen LogP contribution is -2.40. The third-order valence-electron chi connectivity index (χ3n) is 5.71. The molecule has 0 bridgehead atoms. The van der Waals surface area contributed by atoms with Crippen molar-refractivity contribution in [2.75, 3.05) is 0 Å². The number of nitrogens with zero attached hydrogens (tertiary/aromatic N) is 2. The minimum absolute atomic E-state index is 0.151. The Kier molecular flexibility index (Phi) is 7.31. The first kappa shape index (κ1) is 23.9. The van der Waals surface area contributed by atoms with Gasteiger partial charge in [-0.3, -0.25) is 14.7 Å². The molecule has 1 aliphatic carbocycles. The molecule has 3 N–H and O–H groups in total. The molecule has 0 saturated heterocycles. The number of carbonyl (C=O) groups is 2. The number of rotatable bonds is 6. The molecule has 0 radical (unpaired) electrons. The van der Waals surface area contributed by atoms with E-state index in [1.165, 1.54) is 6.92 Å². The van der Waals surface area contributed by atoms with Crippen LogP contribution in [0.2, 0.25) is 0 Å². The molecule has 0 fully saturated rings. The van der Waals surface area contributed by atoms with Crippen LogP contribution in [0.15, 0.2) is 36.5 Å². The normalized spacial score (nSPS) is 16.8. The summed E-state index contributed by atoms with van der Waals surface area (Å²) >= 11 is 0. The number of ether oxygens (including phenoxy) is 1. The van der Waals surface area contributed by atoms with Crippen LogP contribution >= 0.6 is 0 Å². The van der Waals surface area contributed by atoms with Gasteiger partial charge in [0, 0.05) is 6.20 Å². The van der Waals surface area contributed by atoms with Crippen molar-refractivity contribution in [2.24, 2.45) is 5.73 Å². The average Bonchev–Trinajstić information content (AvgIpc) is 2.75. The van der Waals surface area contributed by atoms with E-state index in [0.717, 1.165) is 36.1 Å². The van der Waals surface area contributed by atoms with E-state index >= 15 is 0 Å². The Balaban J connectivity index is 1.98. The maximum Gasteiger partial charge on any atom is 0.411 e. The van der Waals surface area contributed by atoms with Crippen molar-refractivity contribution in [3.05, 3.63) is 64.5 Å². The molecule has 2 atom stereocenters. The fraction of sp³-hybridized carbons (Fsp3) is 0.480. The average molecular weight is 440 g/mol. The zero-order chi connectivity index (χ0) is 23.5. The molecule has 2 unspecified atom stereocenters. The van der Waals surface area contributed by atoms with Crippen LogP contribution in [0.25, 0.3) is 0 Å². The summed E-state index contributed by atoms with van der Waals surface area (Å²) in [6.45, 7) is 6.99. The summed E-state index contributed by atoms with van der Waals surface area (Å²) in [6, 6.07) is 8.34. The van der Waals surface area contributed by atoms with Gasteiger partial charge < -0.3 is 15.6 Å². The maximum absolute atomic E-state index is 13.3. The number of benzene rings is 1. The van der Waals surface area contributed by atoms with Crippen molar-refractivity contribution in [3.8, 4) is 0 Å². The van der Waals surface area contributed by atoms with Gasteiger partial charge in [0.25, 0.3) is 0 Å². The lowest BCUT2D eigenvalue weighted by molar-refractivity contribution is -0.118. The molecule has 7 nitrogen and oxygen atoms in total. The van der Waals surface area contributed by atoms with E-state index in [-0.39, 0.29) is 25.0 Å². The van der Waals surface area contributed by atoms with E-state index in [4.69, 9.17) is 10.5 Å². The van der Waals surface area contributed by atoms with Crippen LogP contribution in [0.4, 0.5) is 4.79 Å². The number of Topliss-reactive ketones (excluding diaryl/α,β-unsaturated/α-hetero) is 1. The first-order valence-electron chi connectivity index (χ1n) is 11.0. The number of hydrogen-bond acceptors (Lipinski definition) is 6. The Morgan fingerprint density at radius 3 is 2.69 bits per heavy atom. The van der Waals surface area contributed by atoms with E-state index in [0.29, 0.717) is 11.1 Å². The van der Waals surface area contributed by atoms with Crippen LogP contribution in [0.1, 0.15) is 80.6 Å². The van der Waals surface area contributed by atoms with Crippen LogP contribution < -0.4 is 5.73 Å². The third-order valence-corrected chi connectivity index (χ3v) is 5.71. The molecule has 7 heteroatoms.